The Morgan fingerprint density at radius 3 is 2.75 bits per heavy atom. The van der Waals surface area contributed by atoms with E-state index in [0.717, 1.165) is 43.6 Å². The summed E-state index contributed by atoms with van der Waals surface area (Å²) in [6.07, 6.45) is 1.68. The first kappa shape index (κ1) is 19.0. The zero-order chi connectivity index (χ0) is 19.6. The maximum atomic E-state index is 13.2. The molecule has 3 aromatic rings. The third-order valence-corrected chi connectivity index (χ3v) is 6.48. The minimum Gasteiger partial charge on any atom is -0.356 e. The standard InChI is InChI=1S/C20H22FN3O3S/c21-16-8-9-18-19(23-27-20(18)11-16)7-4-10-24-13-15(14-24)12-22-28(25,26)17-5-2-1-3-6-17/h1-3,5-6,8-9,11,15,22H,4,7,10,12-14H2. The summed E-state index contributed by atoms with van der Waals surface area (Å²) in [7, 11) is -3.43. The van der Waals surface area contributed by atoms with E-state index in [1.807, 2.05) is 0 Å². The minimum atomic E-state index is -3.43. The number of halogens is 1. The molecule has 2 heterocycles. The van der Waals surface area contributed by atoms with E-state index in [2.05, 4.69) is 14.8 Å². The number of rotatable bonds is 8. The number of hydrogen-bond acceptors (Lipinski definition) is 5. The van der Waals surface area contributed by atoms with E-state index in [1.165, 1.54) is 12.1 Å². The Morgan fingerprint density at radius 2 is 1.96 bits per heavy atom. The fraction of sp³-hybridized carbons (Fsp3) is 0.350. The molecule has 148 valence electrons. The number of nitrogens with one attached hydrogen (secondary N) is 1. The van der Waals surface area contributed by atoms with Gasteiger partial charge in [-0.15, -0.1) is 0 Å². The highest BCUT2D eigenvalue weighted by Gasteiger charge is 2.27. The summed E-state index contributed by atoms with van der Waals surface area (Å²) in [5.41, 5.74) is 1.33. The third kappa shape index (κ3) is 4.24. The fourth-order valence-corrected chi connectivity index (χ4v) is 4.65. The summed E-state index contributed by atoms with van der Waals surface area (Å²) >= 11 is 0. The highest BCUT2D eigenvalue weighted by atomic mass is 32.2. The van der Waals surface area contributed by atoms with Gasteiger partial charge >= 0.3 is 0 Å². The van der Waals surface area contributed by atoms with Gasteiger partial charge in [0.1, 0.15) is 5.82 Å². The van der Waals surface area contributed by atoms with E-state index in [1.54, 1.807) is 36.4 Å². The second-order valence-electron chi connectivity index (χ2n) is 7.16. The smallest absolute Gasteiger partial charge is 0.240 e. The predicted molar refractivity (Wildman–Crippen MR) is 104 cm³/mol. The van der Waals surface area contributed by atoms with Crippen LogP contribution < -0.4 is 4.72 Å². The Hall–Kier alpha value is -2.29. The van der Waals surface area contributed by atoms with Gasteiger partial charge in [-0.3, -0.25) is 0 Å². The van der Waals surface area contributed by atoms with Crippen molar-refractivity contribution in [2.45, 2.75) is 17.7 Å². The first-order valence-electron chi connectivity index (χ1n) is 9.32. The van der Waals surface area contributed by atoms with Gasteiger partial charge in [-0.25, -0.2) is 17.5 Å². The number of aryl methyl sites for hydroxylation is 1. The monoisotopic (exact) mass is 403 g/mol. The van der Waals surface area contributed by atoms with Crippen LogP contribution >= 0.6 is 0 Å². The van der Waals surface area contributed by atoms with Crippen molar-refractivity contribution >= 4 is 21.0 Å². The zero-order valence-electron chi connectivity index (χ0n) is 15.3. The first-order chi connectivity index (χ1) is 13.5. The van der Waals surface area contributed by atoms with Crippen LogP contribution in [0.2, 0.25) is 0 Å². The molecule has 0 bridgehead atoms. The number of sulfonamides is 1. The molecule has 8 heteroatoms. The molecular formula is C20H22FN3O3S. The molecule has 1 saturated heterocycles. The van der Waals surface area contributed by atoms with Crippen LogP contribution in [0.15, 0.2) is 57.9 Å². The van der Waals surface area contributed by atoms with E-state index in [4.69, 9.17) is 4.52 Å². The van der Waals surface area contributed by atoms with Crippen LogP contribution in [-0.2, 0) is 16.4 Å². The zero-order valence-corrected chi connectivity index (χ0v) is 16.2. The number of nitrogens with zero attached hydrogens (tertiary/aromatic N) is 2. The Balaban J connectivity index is 1.19. The van der Waals surface area contributed by atoms with Gasteiger partial charge in [-0.1, -0.05) is 23.4 Å². The van der Waals surface area contributed by atoms with Crippen LogP contribution in [-0.4, -0.2) is 44.7 Å². The summed E-state index contributed by atoms with van der Waals surface area (Å²) in [5, 5.41) is 4.90. The van der Waals surface area contributed by atoms with E-state index < -0.39 is 10.0 Å². The van der Waals surface area contributed by atoms with Crippen LogP contribution in [0.5, 0.6) is 0 Å². The van der Waals surface area contributed by atoms with E-state index in [9.17, 15) is 12.8 Å². The summed E-state index contributed by atoms with van der Waals surface area (Å²) in [6.45, 7) is 3.12. The molecule has 4 rings (SSSR count). The molecule has 0 unspecified atom stereocenters. The largest absolute Gasteiger partial charge is 0.356 e. The van der Waals surface area contributed by atoms with Gasteiger partial charge in [0.2, 0.25) is 10.0 Å². The molecule has 0 atom stereocenters. The average Bonchev–Trinajstić information content (AvgIpc) is 3.05. The van der Waals surface area contributed by atoms with Gasteiger partial charge in [-0.05, 0) is 49.6 Å². The highest BCUT2D eigenvalue weighted by molar-refractivity contribution is 7.89. The lowest BCUT2D eigenvalue weighted by molar-refractivity contribution is 0.102. The highest BCUT2D eigenvalue weighted by Crippen LogP contribution is 2.22. The molecule has 0 amide bonds. The molecule has 28 heavy (non-hydrogen) atoms. The third-order valence-electron chi connectivity index (χ3n) is 5.04. The number of likely N-dealkylation sites (tertiary alicyclic amines) is 1. The molecule has 1 aliphatic rings. The minimum absolute atomic E-state index is 0.297. The SMILES string of the molecule is O=S(=O)(NCC1CN(CCCc2noc3cc(F)ccc23)C1)c1ccccc1. The van der Waals surface area contributed by atoms with Crippen LogP contribution in [0.3, 0.4) is 0 Å². The quantitative estimate of drug-likeness (QED) is 0.626. The Morgan fingerprint density at radius 1 is 1.18 bits per heavy atom. The molecule has 1 N–H and O–H groups in total. The first-order valence-corrected chi connectivity index (χ1v) is 10.8. The molecule has 1 aliphatic heterocycles. The molecule has 0 radical (unpaired) electrons. The molecule has 0 saturated carbocycles. The van der Waals surface area contributed by atoms with Gasteiger partial charge in [0, 0.05) is 31.1 Å². The van der Waals surface area contributed by atoms with Crippen molar-refractivity contribution in [1.82, 2.24) is 14.8 Å². The van der Waals surface area contributed by atoms with Crippen LogP contribution in [0.1, 0.15) is 12.1 Å². The van der Waals surface area contributed by atoms with Crippen molar-refractivity contribution in [2.24, 2.45) is 5.92 Å². The second kappa shape index (κ2) is 7.98. The molecular weight excluding hydrogens is 381 g/mol. The maximum Gasteiger partial charge on any atom is 0.240 e. The van der Waals surface area contributed by atoms with Crippen molar-refractivity contribution < 1.29 is 17.3 Å². The lowest BCUT2D eigenvalue weighted by Gasteiger charge is -2.39. The second-order valence-corrected chi connectivity index (χ2v) is 8.93. The molecule has 6 nitrogen and oxygen atoms in total. The van der Waals surface area contributed by atoms with Gasteiger partial charge < -0.3 is 9.42 Å². The average molecular weight is 403 g/mol. The Labute approximate surface area is 163 Å². The van der Waals surface area contributed by atoms with Crippen LogP contribution in [0, 0.1) is 11.7 Å². The topological polar surface area (TPSA) is 75.4 Å². The number of fused-ring (bicyclic) bond motifs is 1. The number of benzene rings is 2. The Bertz CT molecular complexity index is 1050. The van der Waals surface area contributed by atoms with Gasteiger partial charge in [0.15, 0.2) is 5.58 Å². The lowest BCUT2D eigenvalue weighted by atomic mass is 10.00. The Kier molecular flexibility index (Phi) is 5.43. The molecule has 2 aromatic carbocycles. The molecule has 1 aromatic heterocycles. The lowest BCUT2D eigenvalue weighted by Crippen LogP contribution is -2.51. The fourth-order valence-electron chi connectivity index (χ4n) is 3.51. The van der Waals surface area contributed by atoms with E-state index in [0.29, 0.717) is 22.9 Å². The van der Waals surface area contributed by atoms with Gasteiger partial charge in [0.25, 0.3) is 0 Å². The van der Waals surface area contributed by atoms with E-state index >= 15 is 0 Å². The number of aromatic nitrogens is 1. The van der Waals surface area contributed by atoms with Crippen molar-refractivity contribution in [2.75, 3.05) is 26.2 Å². The molecule has 0 spiro atoms. The van der Waals surface area contributed by atoms with Crippen molar-refractivity contribution in [3.63, 3.8) is 0 Å². The predicted octanol–water partition coefficient (Wildman–Crippen LogP) is 2.81. The summed E-state index contributed by atoms with van der Waals surface area (Å²) in [6, 6.07) is 12.9. The van der Waals surface area contributed by atoms with Crippen LogP contribution in [0.25, 0.3) is 11.0 Å². The normalized spacial score (nSPS) is 15.8. The summed E-state index contributed by atoms with van der Waals surface area (Å²) in [4.78, 5) is 2.59. The van der Waals surface area contributed by atoms with Gasteiger partial charge in [0.05, 0.1) is 10.6 Å². The van der Waals surface area contributed by atoms with Crippen molar-refractivity contribution in [3.8, 4) is 0 Å². The molecule has 1 fully saturated rings. The summed E-state index contributed by atoms with van der Waals surface area (Å²) < 4.78 is 45.5. The number of hydrogen-bond donors (Lipinski definition) is 1. The van der Waals surface area contributed by atoms with Crippen molar-refractivity contribution in [3.05, 3.63) is 60.0 Å². The van der Waals surface area contributed by atoms with Crippen molar-refractivity contribution in [1.29, 1.82) is 0 Å². The maximum absolute atomic E-state index is 13.2. The van der Waals surface area contributed by atoms with E-state index in [-0.39, 0.29) is 5.82 Å². The van der Waals surface area contributed by atoms with Crippen LogP contribution in [0.4, 0.5) is 4.39 Å². The molecule has 0 aliphatic carbocycles. The summed E-state index contributed by atoms with van der Waals surface area (Å²) in [5.74, 6) is -0.000878. The van der Waals surface area contributed by atoms with Gasteiger partial charge in [-0.2, -0.15) is 0 Å².